The number of carbonyl (C=O) groups is 1. The fraction of sp³-hybridized carbons (Fsp3) is 0.929. The molecule has 2 unspecified atom stereocenters. The summed E-state index contributed by atoms with van der Waals surface area (Å²) >= 11 is 0. The van der Waals surface area contributed by atoms with Crippen LogP contribution in [0.15, 0.2) is 0 Å². The van der Waals surface area contributed by atoms with E-state index in [1.54, 1.807) is 0 Å². The summed E-state index contributed by atoms with van der Waals surface area (Å²) in [5.41, 5.74) is 0. The molecule has 1 saturated carbocycles. The number of piperidine rings is 1. The second-order valence-corrected chi connectivity index (χ2v) is 8.66. The highest BCUT2D eigenvalue weighted by Gasteiger charge is 2.48. The maximum absolute atomic E-state index is 12.5. The zero-order valence-electron chi connectivity index (χ0n) is 13.0. The molecule has 0 aromatic heterocycles. The Hall–Kier alpha value is -0.370. The average Bonchev–Trinajstić information content (AvgIpc) is 2.45. The van der Waals surface area contributed by atoms with Gasteiger partial charge in [-0.2, -0.15) is 0 Å². The molecule has 1 amide bonds. The lowest BCUT2D eigenvalue weighted by Crippen LogP contribution is -2.58. The van der Waals surface area contributed by atoms with Crippen LogP contribution in [-0.2, 0) is 14.6 Å². The van der Waals surface area contributed by atoms with Gasteiger partial charge in [-0.25, -0.2) is 8.42 Å². The Morgan fingerprint density at radius 3 is 2.41 bits per heavy atom. The van der Waals surface area contributed by atoms with Crippen LogP contribution >= 0.6 is 12.4 Å². The van der Waals surface area contributed by atoms with E-state index in [4.69, 9.17) is 0 Å². The summed E-state index contributed by atoms with van der Waals surface area (Å²) in [5, 5.41) is 15.8. The van der Waals surface area contributed by atoms with Crippen molar-refractivity contribution in [3.8, 4) is 0 Å². The molecule has 0 radical (unpaired) electrons. The number of nitrogens with one attached hydrogen (secondary N) is 2. The maximum atomic E-state index is 12.5. The molecule has 130 valence electrons. The van der Waals surface area contributed by atoms with Gasteiger partial charge in [-0.1, -0.05) is 12.8 Å². The minimum absolute atomic E-state index is 0. The summed E-state index contributed by atoms with van der Waals surface area (Å²) in [4.78, 5) is 12.5. The molecule has 0 aromatic carbocycles. The molecule has 1 saturated heterocycles. The SMILES string of the molecule is CS(=O)(=O)C1(C(=O)NCC2CCCCC2O)CCNCC1.Cl. The molecule has 2 fully saturated rings. The van der Waals surface area contributed by atoms with Gasteiger partial charge in [0, 0.05) is 18.7 Å². The van der Waals surface area contributed by atoms with Gasteiger partial charge in [0.15, 0.2) is 14.6 Å². The molecular formula is C14H27ClN2O4S. The van der Waals surface area contributed by atoms with Crippen molar-refractivity contribution in [3.63, 3.8) is 0 Å². The first-order chi connectivity index (χ1) is 9.87. The molecule has 0 bridgehead atoms. The molecule has 1 aliphatic heterocycles. The standard InChI is InChI=1S/C14H26N2O4S.ClH/c1-21(19,20)14(6-8-15-9-7-14)13(18)16-10-11-4-2-3-5-12(11)17;/h11-12,15,17H,2-10H2,1H3,(H,16,18);1H. The monoisotopic (exact) mass is 354 g/mol. The molecule has 0 spiro atoms. The summed E-state index contributed by atoms with van der Waals surface area (Å²) in [7, 11) is -3.47. The lowest BCUT2D eigenvalue weighted by Gasteiger charge is -2.35. The lowest BCUT2D eigenvalue weighted by atomic mass is 9.86. The van der Waals surface area contributed by atoms with Gasteiger partial charge in [0.05, 0.1) is 6.10 Å². The Balaban J connectivity index is 0.00000242. The smallest absolute Gasteiger partial charge is 0.241 e. The fourth-order valence-corrected chi connectivity index (χ4v) is 4.76. The summed E-state index contributed by atoms with van der Waals surface area (Å²) < 4.78 is 22.9. The molecule has 0 aromatic rings. The first-order valence-electron chi connectivity index (χ1n) is 7.73. The van der Waals surface area contributed by atoms with E-state index in [1.165, 1.54) is 0 Å². The van der Waals surface area contributed by atoms with Crippen LogP contribution < -0.4 is 10.6 Å². The van der Waals surface area contributed by atoms with Crippen LogP contribution in [0, 0.1) is 5.92 Å². The largest absolute Gasteiger partial charge is 0.393 e. The van der Waals surface area contributed by atoms with Crippen molar-refractivity contribution in [3.05, 3.63) is 0 Å². The number of carbonyl (C=O) groups excluding carboxylic acids is 1. The minimum atomic E-state index is -3.47. The van der Waals surface area contributed by atoms with E-state index in [1.807, 2.05) is 0 Å². The van der Waals surface area contributed by atoms with Crippen LogP contribution in [0.2, 0.25) is 0 Å². The first-order valence-corrected chi connectivity index (χ1v) is 9.63. The summed E-state index contributed by atoms with van der Waals surface area (Å²) in [6.45, 7) is 1.43. The van der Waals surface area contributed by atoms with Gasteiger partial charge in [0.2, 0.25) is 5.91 Å². The first kappa shape index (κ1) is 19.7. The van der Waals surface area contributed by atoms with Crippen molar-refractivity contribution in [1.29, 1.82) is 0 Å². The van der Waals surface area contributed by atoms with E-state index in [0.717, 1.165) is 31.9 Å². The number of hydrogen-bond acceptors (Lipinski definition) is 5. The molecule has 22 heavy (non-hydrogen) atoms. The molecule has 3 N–H and O–H groups in total. The molecule has 2 rings (SSSR count). The Morgan fingerprint density at radius 2 is 1.86 bits per heavy atom. The van der Waals surface area contributed by atoms with Crippen LogP contribution in [0.1, 0.15) is 38.5 Å². The van der Waals surface area contributed by atoms with Gasteiger partial charge in [-0.05, 0) is 38.8 Å². The highest BCUT2D eigenvalue weighted by molar-refractivity contribution is 7.92. The number of aliphatic hydroxyl groups is 1. The fourth-order valence-electron chi connectivity index (χ4n) is 3.41. The molecule has 2 atom stereocenters. The number of halogens is 1. The molecule has 8 heteroatoms. The highest BCUT2D eigenvalue weighted by Crippen LogP contribution is 2.29. The normalized spacial score (nSPS) is 28.5. The van der Waals surface area contributed by atoms with Gasteiger partial charge in [-0.15, -0.1) is 12.4 Å². The second-order valence-electron chi connectivity index (χ2n) is 6.34. The van der Waals surface area contributed by atoms with Crippen molar-refractivity contribution < 1.29 is 18.3 Å². The number of rotatable bonds is 4. The lowest BCUT2D eigenvalue weighted by molar-refractivity contribution is -0.124. The number of hydrogen-bond donors (Lipinski definition) is 3. The van der Waals surface area contributed by atoms with E-state index in [0.29, 0.717) is 32.5 Å². The predicted octanol–water partition coefficient (Wildman–Crippen LogP) is 0.242. The molecule has 6 nitrogen and oxygen atoms in total. The third kappa shape index (κ3) is 4.13. The van der Waals surface area contributed by atoms with E-state index >= 15 is 0 Å². The second kappa shape index (κ2) is 7.95. The predicted molar refractivity (Wildman–Crippen MR) is 87.9 cm³/mol. The van der Waals surface area contributed by atoms with Gasteiger partial charge in [0.25, 0.3) is 0 Å². The van der Waals surface area contributed by atoms with E-state index in [9.17, 15) is 18.3 Å². The maximum Gasteiger partial charge on any atom is 0.241 e. The number of sulfone groups is 1. The Bertz CT molecular complexity index is 477. The summed E-state index contributed by atoms with van der Waals surface area (Å²) in [5.74, 6) is -0.356. The van der Waals surface area contributed by atoms with Gasteiger partial charge < -0.3 is 15.7 Å². The third-order valence-electron chi connectivity index (χ3n) is 4.93. The van der Waals surface area contributed by atoms with E-state index in [-0.39, 0.29) is 24.4 Å². The van der Waals surface area contributed by atoms with Crippen molar-refractivity contribution in [1.82, 2.24) is 10.6 Å². The van der Waals surface area contributed by atoms with Crippen LogP contribution in [0.3, 0.4) is 0 Å². The highest BCUT2D eigenvalue weighted by atomic mass is 35.5. The topological polar surface area (TPSA) is 95.5 Å². The van der Waals surface area contributed by atoms with Gasteiger partial charge >= 0.3 is 0 Å². The van der Waals surface area contributed by atoms with Crippen LogP contribution in [0.5, 0.6) is 0 Å². The molecule has 2 aliphatic rings. The summed E-state index contributed by atoms with van der Waals surface area (Å²) in [6, 6.07) is 0. The average molecular weight is 355 g/mol. The zero-order valence-corrected chi connectivity index (χ0v) is 14.6. The van der Waals surface area contributed by atoms with E-state index in [2.05, 4.69) is 10.6 Å². The van der Waals surface area contributed by atoms with Crippen molar-refractivity contribution in [2.24, 2.45) is 5.92 Å². The van der Waals surface area contributed by atoms with Crippen LogP contribution in [0.4, 0.5) is 0 Å². The van der Waals surface area contributed by atoms with Crippen LogP contribution in [0.25, 0.3) is 0 Å². The van der Waals surface area contributed by atoms with Crippen molar-refractivity contribution >= 4 is 28.2 Å². The minimum Gasteiger partial charge on any atom is -0.393 e. The Morgan fingerprint density at radius 1 is 1.27 bits per heavy atom. The van der Waals surface area contributed by atoms with E-state index < -0.39 is 20.5 Å². The van der Waals surface area contributed by atoms with Gasteiger partial charge in [-0.3, -0.25) is 4.79 Å². The summed E-state index contributed by atoms with van der Waals surface area (Å²) in [6.07, 6.45) is 5.10. The van der Waals surface area contributed by atoms with Gasteiger partial charge in [0.1, 0.15) is 0 Å². The van der Waals surface area contributed by atoms with Crippen molar-refractivity contribution in [2.45, 2.75) is 49.4 Å². The number of aliphatic hydroxyl groups excluding tert-OH is 1. The van der Waals surface area contributed by atoms with Crippen molar-refractivity contribution in [2.75, 3.05) is 25.9 Å². The Labute approximate surface area is 138 Å². The molecule has 1 aliphatic carbocycles. The Kier molecular flexibility index (Phi) is 7.11. The van der Waals surface area contributed by atoms with Crippen LogP contribution in [-0.4, -0.2) is 56.2 Å². The third-order valence-corrected chi connectivity index (χ3v) is 6.94. The quantitative estimate of drug-likeness (QED) is 0.672. The number of amides is 1. The molecular weight excluding hydrogens is 328 g/mol. The zero-order chi connectivity index (χ0) is 15.5. The molecule has 1 heterocycles.